The number of likely N-dealkylation sites (tertiary alicyclic amines) is 1. The number of fused-ring (bicyclic) bond motifs is 1. The summed E-state index contributed by atoms with van der Waals surface area (Å²) in [6, 6.07) is 6.34. The first kappa shape index (κ1) is 18.4. The summed E-state index contributed by atoms with van der Waals surface area (Å²) in [5.41, 5.74) is 1.08. The molecule has 140 valence electrons. The number of carbonyl (C=O) groups is 3. The smallest absolute Gasteiger partial charge is 0.340 e. The molecule has 2 heterocycles. The molecule has 2 amide bonds. The van der Waals surface area contributed by atoms with Crippen molar-refractivity contribution in [1.29, 1.82) is 0 Å². The van der Waals surface area contributed by atoms with Gasteiger partial charge in [-0.3, -0.25) is 14.5 Å². The first-order valence-corrected chi connectivity index (χ1v) is 8.99. The number of carbonyl (C=O) groups excluding carboxylic acids is 3. The van der Waals surface area contributed by atoms with Crippen LogP contribution in [0.15, 0.2) is 24.3 Å². The zero-order valence-corrected chi connectivity index (χ0v) is 15.1. The fourth-order valence-corrected chi connectivity index (χ4v) is 3.31. The van der Waals surface area contributed by atoms with Crippen molar-refractivity contribution in [2.24, 2.45) is 0 Å². The molecule has 3 rings (SSSR count). The lowest BCUT2D eigenvalue weighted by molar-refractivity contribution is -0.145. The van der Waals surface area contributed by atoms with Crippen LogP contribution in [0.4, 0.5) is 0 Å². The van der Waals surface area contributed by atoms with Gasteiger partial charge in [0.2, 0.25) is 18.0 Å². The van der Waals surface area contributed by atoms with Gasteiger partial charge in [-0.25, -0.2) is 4.79 Å². The molecule has 26 heavy (non-hydrogen) atoms. The first-order chi connectivity index (χ1) is 12.5. The highest BCUT2D eigenvalue weighted by atomic mass is 16.6. The van der Waals surface area contributed by atoms with Crippen molar-refractivity contribution < 1.29 is 23.9 Å². The van der Waals surface area contributed by atoms with Crippen LogP contribution in [0, 0.1) is 0 Å². The summed E-state index contributed by atoms with van der Waals surface area (Å²) in [7, 11) is 0. The summed E-state index contributed by atoms with van der Waals surface area (Å²) in [6.45, 7) is 4.96. The molecule has 1 aromatic carbocycles. The second-order valence-electron chi connectivity index (χ2n) is 6.76. The van der Waals surface area contributed by atoms with Gasteiger partial charge in [0.25, 0.3) is 0 Å². The lowest BCUT2D eigenvalue weighted by Gasteiger charge is -2.29. The van der Waals surface area contributed by atoms with Gasteiger partial charge in [0, 0.05) is 25.1 Å². The van der Waals surface area contributed by atoms with Crippen LogP contribution in [-0.4, -0.2) is 48.0 Å². The number of hydrogen-bond donors (Lipinski definition) is 1. The Morgan fingerprint density at radius 1 is 1.35 bits per heavy atom. The maximum atomic E-state index is 12.6. The highest BCUT2D eigenvalue weighted by molar-refractivity contribution is 5.96. The van der Waals surface area contributed by atoms with Gasteiger partial charge in [-0.15, -0.1) is 0 Å². The van der Waals surface area contributed by atoms with E-state index in [-0.39, 0.29) is 24.3 Å². The standard InChI is InChI=1S/C19H24N2O5/c1-12(2)25-11-5-10-20-17(23)15-8-9-16(22)21(15)18-13-6-3-4-7-14(13)19(24)26-18/h3-4,6-7,12,15,18H,5,8-11H2,1-2H3,(H,20,23)/t15-,18?/m0/s1. The molecule has 1 aromatic rings. The van der Waals surface area contributed by atoms with Crippen molar-refractivity contribution in [2.75, 3.05) is 13.2 Å². The number of benzene rings is 1. The van der Waals surface area contributed by atoms with Gasteiger partial charge in [0.1, 0.15) is 6.04 Å². The van der Waals surface area contributed by atoms with Crippen molar-refractivity contribution in [3.05, 3.63) is 35.4 Å². The highest BCUT2D eigenvalue weighted by Crippen LogP contribution is 2.38. The molecule has 0 radical (unpaired) electrons. The minimum absolute atomic E-state index is 0.158. The van der Waals surface area contributed by atoms with Crippen LogP contribution in [0.2, 0.25) is 0 Å². The zero-order chi connectivity index (χ0) is 18.7. The lowest BCUT2D eigenvalue weighted by Crippen LogP contribution is -2.46. The summed E-state index contributed by atoms with van der Waals surface area (Å²) >= 11 is 0. The van der Waals surface area contributed by atoms with Crippen LogP contribution >= 0.6 is 0 Å². The number of nitrogens with zero attached hydrogens (tertiary/aromatic N) is 1. The van der Waals surface area contributed by atoms with E-state index in [1.807, 2.05) is 13.8 Å². The predicted molar refractivity (Wildman–Crippen MR) is 93.2 cm³/mol. The summed E-state index contributed by atoms with van der Waals surface area (Å²) in [6.07, 6.45) is 0.722. The maximum Gasteiger partial charge on any atom is 0.340 e. The minimum Gasteiger partial charge on any atom is -0.433 e. The fourth-order valence-electron chi connectivity index (χ4n) is 3.31. The Balaban J connectivity index is 1.64. The molecular formula is C19H24N2O5. The number of amides is 2. The third-order valence-corrected chi connectivity index (χ3v) is 4.55. The zero-order valence-electron chi connectivity index (χ0n) is 15.1. The largest absolute Gasteiger partial charge is 0.433 e. The van der Waals surface area contributed by atoms with Gasteiger partial charge in [0.15, 0.2) is 0 Å². The quantitative estimate of drug-likeness (QED) is 0.592. The Morgan fingerprint density at radius 3 is 2.88 bits per heavy atom. The Morgan fingerprint density at radius 2 is 2.12 bits per heavy atom. The van der Waals surface area contributed by atoms with Gasteiger partial charge in [0.05, 0.1) is 11.7 Å². The van der Waals surface area contributed by atoms with Gasteiger partial charge < -0.3 is 14.8 Å². The molecule has 2 atom stereocenters. The predicted octanol–water partition coefficient (Wildman–Crippen LogP) is 1.78. The summed E-state index contributed by atoms with van der Waals surface area (Å²) in [4.78, 5) is 38.4. The van der Waals surface area contributed by atoms with Gasteiger partial charge in [-0.1, -0.05) is 18.2 Å². The molecule has 1 unspecified atom stereocenters. The highest BCUT2D eigenvalue weighted by Gasteiger charge is 2.46. The van der Waals surface area contributed by atoms with Crippen molar-refractivity contribution in [3.63, 3.8) is 0 Å². The molecule has 2 aliphatic rings. The number of esters is 1. The van der Waals surface area contributed by atoms with Crippen LogP contribution in [-0.2, 0) is 19.1 Å². The summed E-state index contributed by atoms with van der Waals surface area (Å²) in [5.74, 6) is -0.862. The van der Waals surface area contributed by atoms with Crippen LogP contribution in [0.5, 0.6) is 0 Å². The van der Waals surface area contributed by atoms with Gasteiger partial charge >= 0.3 is 5.97 Å². The van der Waals surface area contributed by atoms with Crippen molar-refractivity contribution in [3.8, 4) is 0 Å². The number of ether oxygens (including phenoxy) is 2. The van der Waals surface area contributed by atoms with Crippen LogP contribution in [0.3, 0.4) is 0 Å². The van der Waals surface area contributed by atoms with Gasteiger partial charge in [-0.05, 0) is 32.8 Å². The van der Waals surface area contributed by atoms with Gasteiger partial charge in [-0.2, -0.15) is 0 Å². The Bertz CT molecular complexity index is 703. The Kier molecular flexibility index (Phi) is 5.56. The third kappa shape index (κ3) is 3.72. The van der Waals surface area contributed by atoms with E-state index in [2.05, 4.69) is 5.32 Å². The van der Waals surface area contributed by atoms with E-state index in [1.165, 1.54) is 4.90 Å². The second-order valence-corrected chi connectivity index (χ2v) is 6.76. The van der Waals surface area contributed by atoms with Crippen LogP contribution in [0.25, 0.3) is 0 Å². The summed E-state index contributed by atoms with van der Waals surface area (Å²) in [5, 5.41) is 2.85. The molecule has 1 saturated heterocycles. The van der Waals surface area contributed by atoms with Crippen LogP contribution < -0.4 is 5.32 Å². The molecule has 0 aromatic heterocycles. The van der Waals surface area contributed by atoms with E-state index in [0.29, 0.717) is 37.1 Å². The number of rotatable bonds is 7. The maximum absolute atomic E-state index is 12.6. The number of nitrogens with one attached hydrogen (secondary N) is 1. The topological polar surface area (TPSA) is 84.9 Å². The molecule has 1 N–H and O–H groups in total. The lowest BCUT2D eigenvalue weighted by atomic mass is 10.1. The number of cyclic esters (lactones) is 1. The average molecular weight is 360 g/mol. The van der Waals surface area contributed by atoms with Crippen molar-refractivity contribution >= 4 is 17.8 Å². The molecule has 7 nitrogen and oxygen atoms in total. The molecule has 2 aliphatic heterocycles. The molecule has 1 fully saturated rings. The van der Waals surface area contributed by atoms with Crippen molar-refractivity contribution in [2.45, 2.75) is 51.5 Å². The normalized spacial score (nSPS) is 21.9. The van der Waals surface area contributed by atoms with E-state index in [4.69, 9.17) is 9.47 Å². The van der Waals surface area contributed by atoms with E-state index in [1.54, 1.807) is 24.3 Å². The van der Waals surface area contributed by atoms with Crippen molar-refractivity contribution in [1.82, 2.24) is 10.2 Å². The fraction of sp³-hybridized carbons (Fsp3) is 0.526. The molecule has 0 spiro atoms. The molecule has 0 bridgehead atoms. The average Bonchev–Trinajstić information content (AvgIpc) is 3.15. The third-order valence-electron chi connectivity index (χ3n) is 4.55. The van der Waals surface area contributed by atoms with E-state index in [0.717, 1.165) is 0 Å². The molecule has 7 heteroatoms. The molecule has 0 aliphatic carbocycles. The number of hydrogen-bond acceptors (Lipinski definition) is 5. The van der Waals surface area contributed by atoms with E-state index in [9.17, 15) is 14.4 Å². The van der Waals surface area contributed by atoms with E-state index < -0.39 is 18.2 Å². The minimum atomic E-state index is -0.825. The first-order valence-electron chi connectivity index (χ1n) is 8.99. The SMILES string of the molecule is CC(C)OCCCNC(=O)[C@@H]1CCC(=O)N1C1OC(=O)c2ccccc21. The Hall–Kier alpha value is -2.41. The second kappa shape index (κ2) is 7.86. The monoisotopic (exact) mass is 360 g/mol. The Labute approximate surface area is 152 Å². The van der Waals surface area contributed by atoms with E-state index >= 15 is 0 Å². The van der Waals surface area contributed by atoms with Crippen LogP contribution in [0.1, 0.15) is 55.3 Å². The molecule has 0 saturated carbocycles. The summed E-state index contributed by atoms with van der Waals surface area (Å²) < 4.78 is 10.8. The molecular weight excluding hydrogens is 336 g/mol.